The van der Waals surface area contributed by atoms with Crippen LogP contribution in [0.15, 0.2) is 22.4 Å². The average molecular weight is 254 g/mol. The molecule has 1 aliphatic carbocycles. The molecule has 0 saturated heterocycles. The van der Waals surface area contributed by atoms with E-state index < -0.39 is 0 Å². The Bertz CT molecular complexity index is 426. The van der Waals surface area contributed by atoms with Gasteiger partial charge in [0, 0.05) is 28.9 Å². The monoisotopic (exact) mass is 253 g/mol. The Balaban J connectivity index is 2.39. The van der Waals surface area contributed by atoms with Crippen LogP contribution in [0.2, 0.25) is 0 Å². The van der Waals surface area contributed by atoms with Crippen molar-refractivity contribution in [2.24, 2.45) is 0 Å². The number of hydrogen-bond donors (Lipinski definition) is 0. The number of hydrogen-bond acceptors (Lipinski definition) is 3. The van der Waals surface area contributed by atoms with Crippen molar-refractivity contribution in [1.82, 2.24) is 4.98 Å². The summed E-state index contributed by atoms with van der Waals surface area (Å²) >= 11 is 3.39. The summed E-state index contributed by atoms with van der Waals surface area (Å²) in [5, 5.41) is 0. The Morgan fingerprint density at radius 2 is 2.36 bits per heavy atom. The van der Waals surface area contributed by atoms with Crippen molar-refractivity contribution in [3.05, 3.63) is 33.6 Å². The summed E-state index contributed by atoms with van der Waals surface area (Å²) in [6.45, 7) is 0. The zero-order chi connectivity index (χ0) is 10.1. The lowest BCUT2D eigenvalue weighted by Crippen LogP contribution is -2.03. The van der Waals surface area contributed by atoms with Crippen molar-refractivity contribution >= 4 is 28.0 Å². The highest BCUT2D eigenvalue weighted by atomic mass is 79.9. The van der Waals surface area contributed by atoms with Crippen LogP contribution in [0.5, 0.6) is 0 Å². The molecule has 0 N–H and O–H groups in total. The van der Waals surface area contributed by atoms with Crippen molar-refractivity contribution in [1.29, 1.82) is 0 Å². The number of halogens is 1. The summed E-state index contributed by atoms with van der Waals surface area (Å²) in [5.41, 5.74) is 2.76. The summed E-state index contributed by atoms with van der Waals surface area (Å²) < 4.78 is 5.57. The maximum atomic E-state index is 11.3. The summed E-state index contributed by atoms with van der Waals surface area (Å²) in [6.07, 6.45) is 5.93. The van der Waals surface area contributed by atoms with E-state index in [0.29, 0.717) is 12.0 Å². The number of carbonyl (C=O) groups excluding carboxylic acids is 1. The Morgan fingerprint density at radius 1 is 1.57 bits per heavy atom. The van der Waals surface area contributed by atoms with E-state index in [4.69, 9.17) is 0 Å². The molecule has 14 heavy (non-hydrogen) atoms. The molecule has 0 spiro atoms. The molecule has 4 heteroatoms. The highest BCUT2D eigenvalue weighted by molar-refractivity contribution is 9.10. The molecular weight excluding hydrogens is 246 g/mol. The zero-order valence-electron chi connectivity index (χ0n) is 7.58. The van der Waals surface area contributed by atoms with Gasteiger partial charge in [0.15, 0.2) is 0 Å². The zero-order valence-corrected chi connectivity index (χ0v) is 9.17. The van der Waals surface area contributed by atoms with Crippen molar-refractivity contribution in [3.8, 4) is 0 Å². The summed E-state index contributed by atoms with van der Waals surface area (Å²) in [5.74, 6) is -0.270. The number of carbonyl (C=O) groups is 1. The molecule has 0 atom stereocenters. The third kappa shape index (κ3) is 1.46. The Labute approximate surface area is 89.9 Å². The molecule has 1 aromatic rings. The molecule has 72 valence electrons. The number of nitrogens with zero attached hydrogens (tertiary/aromatic N) is 1. The molecule has 0 fully saturated rings. The van der Waals surface area contributed by atoms with Crippen molar-refractivity contribution < 1.29 is 9.53 Å². The lowest BCUT2D eigenvalue weighted by atomic mass is 10.2. The van der Waals surface area contributed by atoms with E-state index >= 15 is 0 Å². The van der Waals surface area contributed by atoms with E-state index in [1.807, 2.05) is 6.08 Å². The van der Waals surface area contributed by atoms with Crippen LogP contribution in [0.1, 0.15) is 11.1 Å². The Hall–Kier alpha value is -1.16. The number of pyridine rings is 1. The third-order valence-corrected chi connectivity index (χ3v) is 2.80. The van der Waals surface area contributed by atoms with Crippen molar-refractivity contribution in [2.45, 2.75) is 6.42 Å². The molecule has 0 saturated carbocycles. The standard InChI is InChI=1S/C10H8BrNO2/c1-14-10(13)6-2-7-4-12-5-9(11)8(7)3-6/h3-5H,2H2,1H3. The minimum Gasteiger partial charge on any atom is -0.466 e. The van der Waals surface area contributed by atoms with Gasteiger partial charge < -0.3 is 4.74 Å². The van der Waals surface area contributed by atoms with Crippen LogP contribution in [-0.4, -0.2) is 18.1 Å². The van der Waals surface area contributed by atoms with Gasteiger partial charge in [-0.2, -0.15) is 0 Å². The van der Waals surface area contributed by atoms with E-state index in [9.17, 15) is 4.79 Å². The molecule has 0 bridgehead atoms. The van der Waals surface area contributed by atoms with Crippen molar-refractivity contribution in [3.63, 3.8) is 0 Å². The molecule has 3 nitrogen and oxygen atoms in total. The van der Waals surface area contributed by atoms with Gasteiger partial charge in [0.2, 0.25) is 0 Å². The van der Waals surface area contributed by atoms with Crippen LogP contribution in [0.3, 0.4) is 0 Å². The van der Waals surface area contributed by atoms with E-state index in [1.165, 1.54) is 7.11 Å². The van der Waals surface area contributed by atoms with Gasteiger partial charge in [0.05, 0.1) is 7.11 Å². The fourth-order valence-electron chi connectivity index (χ4n) is 1.48. The third-order valence-electron chi connectivity index (χ3n) is 2.17. The molecule has 1 aromatic heterocycles. The predicted molar refractivity (Wildman–Crippen MR) is 55.6 cm³/mol. The van der Waals surface area contributed by atoms with Crippen LogP contribution in [0.4, 0.5) is 0 Å². The van der Waals surface area contributed by atoms with Crippen LogP contribution >= 0.6 is 15.9 Å². The first-order valence-electron chi connectivity index (χ1n) is 4.13. The molecule has 0 aliphatic heterocycles. The lowest BCUT2D eigenvalue weighted by Gasteiger charge is -1.98. The number of esters is 1. The Kier molecular flexibility index (Phi) is 2.37. The molecule has 1 heterocycles. The molecule has 1 aliphatic rings. The first-order chi connectivity index (χ1) is 6.72. The predicted octanol–water partition coefficient (Wildman–Crippen LogP) is 1.96. The quantitative estimate of drug-likeness (QED) is 0.719. The smallest absolute Gasteiger partial charge is 0.334 e. The average Bonchev–Trinajstić information content (AvgIpc) is 2.62. The summed E-state index contributed by atoms with van der Waals surface area (Å²) in [6, 6.07) is 0. The number of aromatic nitrogens is 1. The fourth-order valence-corrected chi connectivity index (χ4v) is 1.97. The highest BCUT2D eigenvalue weighted by Gasteiger charge is 2.20. The normalized spacial score (nSPS) is 13.4. The number of ether oxygens (including phenoxy) is 1. The second-order valence-corrected chi connectivity index (χ2v) is 3.89. The number of rotatable bonds is 1. The fraction of sp³-hybridized carbons (Fsp3) is 0.200. The second-order valence-electron chi connectivity index (χ2n) is 3.03. The van der Waals surface area contributed by atoms with Crippen LogP contribution in [0.25, 0.3) is 6.08 Å². The SMILES string of the molecule is COC(=O)C1=Cc2c(Br)cncc2C1. The number of fused-ring (bicyclic) bond motifs is 1. The Morgan fingerprint density at radius 3 is 3.00 bits per heavy atom. The second kappa shape index (κ2) is 3.53. The van der Waals surface area contributed by atoms with E-state index in [0.717, 1.165) is 15.6 Å². The van der Waals surface area contributed by atoms with Gasteiger partial charge in [-0.3, -0.25) is 4.98 Å². The highest BCUT2D eigenvalue weighted by Crippen LogP contribution is 2.30. The van der Waals surface area contributed by atoms with Crippen LogP contribution in [-0.2, 0) is 16.0 Å². The van der Waals surface area contributed by atoms with Crippen LogP contribution in [0, 0.1) is 0 Å². The van der Waals surface area contributed by atoms with Gasteiger partial charge in [-0.15, -0.1) is 0 Å². The largest absolute Gasteiger partial charge is 0.466 e. The van der Waals surface area contributed by atoms with Gasteiger partial charge in [0.25, 0.3) is 0 Å². The minimum atomic E-state index is -0.270. The first-order valence-corrected chi connectivity index (χ1v) is 4.93. The first kappa shape index (κ1) is 9.40. The number of methoxy groups -OCH3 is 1. The topological polar surface area (TPSA) is 39.2 Å². The van der Waals surface area contributed by atoms with Gasteiger partial charge >= 0.3 is 5.97 Å². The molecular formula is C10H8BrNO2. The molecule has 0 unspecified atom stereocenters. The molecule has 0 aromatic carbocycles. The maximum absolute atomic E-state index is 11.3. The molecule has 2 rings (SSSR count). The van der Waals surface area contributed by atoms with E-state index in [2.05, 4.69) is 25.7 Å². The van der Waals surface area contributed by atoms with E-state index in [-0.39, 0.29) is 5.97 Å². The maximum Gasteiger partial charge on any atom is 0.334 e. The summed E-state index contributed by atoms with van der Waals surface area (Å²) in [7, 11) is 1.39. The van der Waals surface area contributed by atoms with Crippen molar-refractivity contribution in [2.75, 3.05) is 7.11 Å². The van der Waals surface area contributed by atoms with Gasteiger partial charge in [0.1, 0.15) is 0 Å². The molecule has 0 amide bonds. The van der Waals surface area contributed by atoms with Gasteiger partial charge in [-0.1, -0.05) is 0 Å². The minimum absolute atomic E-state index is 0.270. The lowest BCUT2D eigenvalue weighted by molar-refractivity contribution is -0.136. The van der Waals surface area contributed by atoms with Gasteiger partial charge in [-0.05, 0) is 33.1 Å². The van der Waals surface area contributed by atoms with Crippen LogP contribution < -0.4 is 0 Å². The van der Waals surface area contributed by atoms with Gasteiger partial charge in [-0.25, -0.2) is 4.79 Å². The van der Waals surface area contributed by atoms with E-state index in [1.54, 1.807) is 12.4 Å². The molecule has 0 radical (unpaired) electrons. The summed E-state index contributed by atoms with van der Waals surface area (Å²) in [4.78, 5) is 15.3.